The summed E-state index contributed by atoms with van der Waals surface area (Å²) in [7, 11) is 0. The maximum atomic E-state index is 13.1. The van der Waals surface area contributed by atoms with Crippen LogP contribution in [0.3, 0.4) is 0 Å². The van der Waals surface area contributed by atoms with Crippen LogP contribution in [-0.4, -0.2) is 93.7 Å². The first kappa shape index (κ1) is 32.7. The molecule has 3 amide bonds. The standard InChI is InChI=1S/C30H38N8O5S2/c39-22(27-26(20-7-3-4-11-31-20)37-30(45-27)38-28-33-12-6-13-34-28)8-5-15-42-17-18-43-16-14-32-24(40)10-2-1-9-23-25-21(19-44-23)35-29(41)36-25/h3-4,6-7,11-13,21,23,25H,1-2,5,8-10,14-19H2,(H,32,40)(H2,35,36,41)(H,33,34,37,38)/t21-,23-,25-/m0/s1. The number of ketones is 1. The van der Waals surface area contributed by atoms with Gasteiger partial charge in [0.1, 0.15) is 10.6 Å². The van der Waals surface area contributed by atoms with E-state index in [0.717, 1.165) is 25.0 Å². The molecule has 13 nitrogen and oxygen atoms in total. The highest BCUT2D eigenvalue weighted by atomic mass is 32.2. The van der Waals surface area contributed by atoms with Gasteiger partial charge >= 0.3 is 6.03 Å². The molecule has 0 aromatic carbocycles. The smallest absolute Gasteiger partial charge is 0.315 e. The lowest BCUT2D eigenvalue weighted by molar-refractivity contribution is -0.121. The Labute approximate surface area is 270 Å². The molecule has 240 valence electrons. The molecule has 2 aliphatic heterocycles. The van der Waals surface area contributed by atoms with Crippen molar-refractivity contribution in [3.05, 3.63) is 47.7 Å². The minimum absolute atomic E-state index is 0.0238. The second-order valence-corrected chi connectivity index (χ2v) is 12.8. The fraction of sp³-hybridized carbons (Fsp3) is 0.500. The van der Waals surface area contributed by atoms with Crippen LogP contribution < -0.4 is 21.3 Å². The van der Waals surface area contributed by atoms with Crippen LogP contribution in [0.25, 0.3) is 11.4 Å². The van der Waals surface area contributed by atoms with Crippen molar-refractivity contribution in [3.8, 4) is 11.4 Å². The first-order valence-electron chi connectivity index (χ1n) is 15.2. The van der Waals surface area contributed by atoms with Crippen LogP contribution in [0.15, 0.2) is 42.9 Å². The maximum absolute atomic E-state index is 13.1. The summed E-state index contributed by atoms with van der Waals surface area (Å²) in [5.74, 6) is 1.35. The lowest BCUT2D eigenvalue weighted by atomic mass is 10.0. The average Bonchev–Trinajstić information content (AvgIpc) is 3.75. The second-order valence-electron chi connectivity index (χ2n) is 10.6. The van der Waals surface area contributed by atoms with E-state index in [1.807, 2.05) is 30.0 Å². The largest absolute Gasteiger partial charge is 0.379 e. The van der Waals surface area contributed by atoms with Crippen LogP contribution in [0.2, 0.25) is 0 Å². The molecule has 0 aliphatic carbocycles. The third kappa shape index (κ3) is 9.91. The number of anilines is 2. The van der Waals surface area contributed by atoms with Gasteiger partial charge in [0.2, 0.25) is 11.9 Å². The van der Waals surface area contributed by atoms with E-state index in [2.05, 4.69) is 41.2 Å². The van der Waals surface area contributed by atoms with E-state index < -0.39 is 0 Å². The number of rotatable bonds is 19. The lowest BCUT2D eigenvalue weighted by Gasteiger charge is -2.16. The highest BCUT2D eigenvalue weighted by molar-refractivity contribution is 8.00. The first-order chi connectivity index (χ1) is 22.1. The molecule has 0 bridgehead atoms. The van der Waals surface area contributed by atoms with Crippen molar-refractivity contribution >= 4 is 51.9 Å². The SMILES string of the molecule is O=C(CCCC[C@@H]1SC[C@@H]2NC(=O)N[C@@H]21)NCCOCCOCCCC(=O)c1sc(Nc2ncccn2)nc1-c1ccccn1. The number of hydrogen-bond donors (Lipinski definition) is 4. The number of amides is 3. The number of hydrogen-bond acceptors (Lipinski definition) is 12. The molecule has 5 heterocycles. The van der Waals surface area contributed by atoms with Gasteiger partial charge in [0.05, 0.1) is 37.6 Å². The minimum atomic E-state index is -0.0675. The summed E-state index contributed by atoms with van der Waals surface area (Å²) < 4.78 is 11.2. The van der Waals surface area contributed by atoms with E-state index in [1.54, 1.807) is 24.7 Å². The number of nitrogens with one attached hydrogen (secondary N) is 4. The van der Waals surface area contributed by atoms with Gasteiger partial charge in [-0.2, -0.15) is 11.8 Å². The summed E-state index contributed by atoms with van der Waals surface area (Å²) in [4.78, 5) is 54.5. The van der Waals surface area contributed by atoms with Gasteiger partial charge in [0, 0.05) is 55.6 Å². The highest BCUT2D eigenvalue weighted by Gasteiger charge is 2.42. The van der Waals surface area contributed by atoms with Crippen LogP contribution in [0, 0.1) is 0 Å². The second kappa shape index (κ2) is 17.1. The summed E-state index contributed by atoms with van der Waals surface area (Å²) in [6.07, 6.45) is 9.07. The number of carbonyl (C=O) groups excluding carboxylic acids is 3. The number of thioether (sulfide) groups is 1. The molecule has 3 aromatic rings. The third-order valence-corrected chi connectivity index (χ3v) is 9.81. The molecule has 5 rings (SSSR count). The first-order valence-corrected chi connectivity index (χ1v) is 17.0. The molecule has 2 aliphatic rings. The van der Waals surface area contributed by atoms with Crippen molar-refractivity contribution in [2.24, 2.45) is 0 Å². The van der Waals surface area contributed by atoms with E-state index in [9.17, 15) is 14.4 Å². The Morgan fingerprint density at radius 3 is 2.58 bits per heavy atom. The number of pyridine rings is 1. The monoisotopic (exact) mass is 654 g/mol. The van der Waals surface area contributed by atoms with Crippen molar-refractivity contribution in [3.63, 3.8) is 0 Å². The molecule has 0 unspecified atom stereocenters. The summed E-state index contributed by atoms with van der Waals surface area (Å²) >= 11 is 3.15. The van der Waals surface area contributed by atoms with Gasteiger partial charge < -0.3 is 30.7 Å². The number of Topliss-reactive ketones (excluding diaryl/α,β-unsaturated/α-hetero) is 1. The normalized spacial score (nSPS) is 18.7. The number of fused-ring (bicyclic) bond motifs is 1. The van der Waals surface area contributed by atoms with E-state index in [-0.39, 0.29) is 29.8 Å². The zero-order chi connectivity index (χ0) is 31.3. The zero-order valence-corrected chi connectivity index (χ0v) is 26.5. The molecular weight excluding hydrogens is 617 g/mol. The molecule has 0 spiro atoms. The number of ether oxygens (including phenoxy) is 2. The van der Waals surface area contributed by atoms with E-state index in [1.165, 1.54) is 11.3 Å². The summed E-state index contributed by atoms with van der Waals surface area (Å²) in [5.41, 5.74) is 1.16. The van der Waals surface area contributed by atoms with Gasteiger partial charge in [-0.3, -0.25) is 14.6 Å². The van der Waals surface area contributed by atoms with Crippen molar-refractivity contribution in [2.75, 3.05) is 44.0 Å². The molecular formula is C30H38N8O5S2. The van der Waals surface area contributed by atoms with Crippen LogP contribution in [-0.2, 0) is 14.3 Å². The van der Waals surface area contributed by atoms with E-state index in [0.29, 0.717) is 84.8 Å². The lowest BCUT2D eigenvalue weighted by Crippen LogP contribution is -2.36. The Balaban J connectivity index is 0.904. The average molecular weight is 655 g/mol. The van der Waals surface area contributed by atoms with E-state index in [4.69, 9.17) is 9.47 Å². The number of carbonyl (C=O) groups is 3. The Hall–Kier alpha value is -3.66. The topological polar surface area (TPSA) is 169 Å². The van der Waals surface area contributed by atoms with E-state index >= 15 is 0 Å². The summed E-state index contributed by atoms with van der Waals surface area (Å²) in [6, 6.07) is 7.60. The predicted molar refractivity (Wildman–Crippen MR) is 173 cm³/mol. The molecule has 2 fully saturated rings. The Morgan fingerprint density at radius 1 is 0.933 bits per heavy atom. The quantitative estimate of drug-likeness (QED) is 0.0847. The summed E-state index contributed by atoms with van der Waals surface area (Å²) in [5, 5.41) is 12.8. The number of unbranched alkanes of at least 4 members (excludes halogenated alkanes) is 1. The van der Waals surface area contributed by atoms with Crippen LogP contribution in [0.1, 0.15) is 48.2 Å². The van der Waals surface area contributed by atoms with Gasteiger partial charge in [-0.15, -0.1) is 0 Å². The van der Waals surface area contributed by atoms with Crippen LogP contribution in [0.4, 0.5) is 15.9 Å². The van der Waals surface area contributed by atoms with Gasteiger partial charge in [-0.1, -0.05) is 23.8 Å². The van der Waals surface area contributed by atoms with Crippen molar-refractivity contribution < 1.29 is 23.9 Å². The molecule has 0 saturated carbocycles. The van der Waals surface area contributed by atoms with Crippen molar-refractivity contribution in [1.82, 2.24) is 35.9 Å². The molecule has 2 saturated heterocycles. The third-order valence-electron chi connectivity index (χ3n) is 7.29. The number of nitrogens with zero attached hydrogens (tertiary/aromatic N) is 4. The highest BCUT2D eigenvalue weighted by Crippen LogP contribution is 2.34. The molecule has 0 radical (unpaired) electrons. The van der Waals surface area contributed by atoms with Gasteiger partial charge in [-0.05, 0) is 37.5 Å². The van der Waals surface area contributed by atoms with Crippen molar-refractivity contribution in [2.45, 2.75) is 55.9 Å². The number of urea groups is 1. The molecule has 45 heavy (non-hydrogen) atoms. The molecule has 3 aromatic heterocycles. The molecule has 3 atom stereocenters. The number of thiazole rings is 1. The van der Waals surface area contributed by atoms with Crippen molar-refractivity contribution in [1.29, 1.82) is 0 Å². The molecule has 4 N–H and O–H groups in total. The Morgan fingerprint density at radius 2 is 1.76 bits per heavy atom. The van der Waals surface area contributed by atoms with Gasteiger partial charge in [0.25, 0.3) is 0 Å². The van der Waals surface area contributed by atoms with Crippen LogP contribution >= 0.6 is 23.1 Å². The van der Waals surface area contributed by atoms with Gasteiger partial charge in [-0.25, -0.2) is 19.7 Å². The fourth-order valence-corrected chi connectivity index (χ4v) is 7.57. The predicted octanol–water partition coefficient (Wildman–Crippen LogP) is 3.58. The Kier molecular flexibility index (Phi) is 12.5. The maximum Gasteiger partial charge on any atom is 0.315 e. The zero-order valence-electron chi connectivity index (χ0n) is 24.9. The van der Waals surface area contributed by atoms with Gasteiger partial charge in [0.15, 0.2) is 10.9 Å². The minimum Gasteiger partial charge on any atom is -0.379 e. The van der Waals surface area contributed by atoms with Crippen LogP contribution in [0.5, 0.6) is 0 Å². The Bertz CT molecular complexity index is 1400. The number of aromatic nitrogens is 4. The molecule has 15 heteroatoms. The fourth-order valence-electron chi connectivity index (χ4n) is 5.09. The summed E-state index contributed by atoms with van der Waals surface area (Å²) in [6.45, 7) is 2.11.